The minimum absolute atomic E-state index is 0.294. The van der Waals surface area contributed by atoms with Gasteiger partial charge in [-0.3, -0.25) is 0 Å². The number of hydrogen-bond acceptors (Lipinski definition) is 4. The molecule has 3 rings (SSSR count). The van der Waals surface area contributed by atoms with Gasteiger partial charge < -0.3 is 18.9 Å². The number of carbonyl (C=O) groups excluding carboxylic acids is 1. The van der Waals surface area contributed by atoms with Crippen LogP contribution in [0.2, 0.25) is 19.6 Å². The first-order chi connectivity index (χ1) is 13.8. The number of fused-ring (bicyclic) bond motifs is 1. The van der Waals surface area contributed by atoms with Crippen molar-refractivity contribution >= 4 is 25.1 Å². The molecule has 1 aliphatic heterocycles. The molecule has 0 aliphatic carbocycles. The van der Waals surface area contributed by atoms with Crippen molar-refractivity contribution < 1.29 is 14.3 Å². The van der Waals surface area contributed by atoms with Crippen LogP contribution in [0.5, 0.6) is 5.88 Å². The van der Waals surface area contributed by atoms with E-state index in [-0.39, 0.29) is 0 Å². The molecule has 1 aromatic heterocycles. The first kappa shape index (κ1) is 21.5. The Labute approximate surface area is 175 Å². The fourth-order valence-electron chi connectivity index (χ4n) is 3.66. The maximum absolute atomic E-state index is 12.0. The van der Waals surface area contributed by atoms with E-state index >= 15 is 0 Å². The number of hydrogen-bond donors (Lipinski definition) is 0. The standard InChI is InChI=1S/C23H32N2O3Si/c1-6-27-23(26)28-22-18(2)20-17-19(11-16-29(3,4)5)9-10-21(20)25(22)15-14-24-12-7-8-13-24/h9-10,17H,6-8,12-15H2,1-5H3. The van der Waals surface area contributed by atoms with E-state index in [0.717, 1.165) is 48.2 Å². The molecule has 0 radical (unpaired) electrons. The van der Waals surface area contributed by atoms with E-state index in [1.54, 1.807) is 6.92 Å². The molecule has 1 aromatic carbocycles. The van der Waals surface area contributed by atoms with Gasteiger partial charge in [-0.1, -0.05) is 25.6 Å². The van der Waals surface area contributed by atoms with Gasteiger partial charge in [0.15, 0.2) is 0 Å². The molecule has 2 aromatic rings. The highest BCUT2D eigenvalue weighted by Gasteiger charge is 2.20. The predicted molar refractivity (Wildman–Crippen MR) is 120 cm³/mol. The minimum atomic E-state index is -1.44. The molecule has 156 valence electrons. The lowest BCUT2D eigenvalue weighted by Crippen LogP contribution is -2.24. The van der Waals surface area contributed by atoms with E-state index in [9.17, 15) is 4.79 Å². The van der Waals surface area contributed by atoms with Gasteiger partial charge in [-0.05, 0) is 58.0 Å². The average Bonchev–Trinajstić information content (AvgIpc) is 3.26. The fourth-order valence-corrected chi connectivity index (χ4v) is 4.18. The maximum Gasteiger partial charge on any atom is 0.515 e. The summed E-state index contributed by atoms with van der Waals surface area (Å²) in [5.41, 5.74) is 6.45. The van der Waals surface area contributed by atoms with Crippen molar-refractivity contribution in [3.63, 3.8) is 0 Å². The molecule has 0 saturated carbocycles. The van der Waals surface area contributed by atoms with Crippen LogP contribution in [0, 0.1) is 18.4 Å². The Morgan fingerprint density at radius 3 is 2.55 bits per heavy atom. The first-order valence-electron chi connectivity index (χ1n) is 10.5. The second-order valence-corrected chi connectivity index (χ2v) is 13.4. The minimum Gasteiger partial charge on any atom is -0.434 e. The van der Waals surface area contributed by atoms with Crippen LogP contribution in [0.1, 0.15) is 30.9 Å². The second-order valence-electron chi connectivity index (χ2n) is 8.65. The van der Waals surface area contributed by atoms with Crippen molar-refractivity contribution in [1.29, 1.82) is 0 Å². The van der Waals surface area contributed by atoms with Crippen LogP contribution in [0.25, 0.3) is 10.9 Å². The normalized spacial score (nSPS) is 14.7. The van der Waals surface area contributed by atoms with Crippen LogP contribution in [0.3, 0.4) is 0 Å². The molecular formula is C23H32N2O3Si. The molecule has 0 spiro atoms. The molecule has 2 heterocycles. The van der Waals surface area contributed by atoms with Gasteiger partial charge in [0.25, 0.3) is 0 Å². The number of nitrogens with zero attached hydrogens (tertiary/aromatic N) is 2. The topological polar surface area (TPSA) is 43.7 Å². The lowest BCUT2D eigenvalue weighted by molar-refractivity contribution is 0.101. The molecule has 0 amide bonds. The SMILES string of the molecule is CCOC(=O)Oc1c(C)c2cc(C#C[Si](C)(C)C)ccc2n1CCN1CCCC1. The Morgan fingerprint density at radius 2 is 1.90 bits per heavy atom. The van der Waals surface area contributed by atoms with E-state index < -0.39 is 14.2 Å². The summed E-state index contributed by atoms with van der Waals surface area (Å²) < 4.78 is 12.8. The number of aryl methyl sites for hydroxylation is 1. The third-order valence-electron chi connectivity index (χ3n) is 5.12. The second kappa shape index (κ2) is 9.06. The Hall–Kier alpha value is -2.23. The third kappa shape index (κ3) is 5.43. The highest BCUT2D eigenvalue weighted by molar-refractivity contribution is 6.83. The highest BCUT2D eigenvalue weighted by Crippen LogP contribution is 2.32. The summed E-state index contributed by atoms with van der Waals surface area (Å²) in [7, 11) is -1.44. The molecule has 0 bridgehead atoms. The lowest BCUT2D eigenvalue weighted by Gasteiger charge is -2.17. The van der Waals surface area contributed by atoms with Gasteiger partial charge in [0.1, 0.15) is 8.07 Å². The number of carbonyl (C=O) groups is 1. The lowest BCUT2D eigenvalue weighted by atomic mass is 10.1. The van der Waals surface area contributed by atoms with Gasteiger partial charge in [0, 0.05) is 29.6 Å². The molecule has 29 heavy (non-hydrogen) atoms. The molecule has 0 unspecified atom stereocenters. The van der Waals surface area contributed by atoms with Crippen LogP contribution >= 0.6 is 0 Å². The van der Waals surface area contributed by atoms with Crippen molar-refractivity contribution in [1.82, 2.24) is 9.47 Å². The van der Waals surface area contributed by atoms with Gasteiger partial charge in [-0.25, -0.2) is 4.79 Å². The molecule has 0 atom stereocenters. The monoisotopic (exact) mass is 412 g/mol. The zero-order valence-corrected chi connectivity index (χ0v) is 19.3. The zero-order valence-electron chi connectivity index (χ0n) is 18.3. The molecule has 5 nitrogen and oxygen atoms in total. The predicted octanol–water partition coefficient (Wildman–Crippen LogP) is 4.81. The summed E-state index contributed by atoms with van der Waals surface area (Å²) >= 11 is 0. The Kier molecular flexibility index (Phi) is 6.71. The average molecular weight is 413 g/mol. The molecule has 0 N–H and O–H groups in total. The molecule has 1 fully saturated rings. The van der Waals surface area contributed by atoms with Crippen LogP contribution in [0.15, 0.2) is 18.2 Å². The zero-order chi connectivity index (χ0) is 21.0. The van der Waals surface area contributed by atoms with Crippen LogP contribution in [-0.2, 0) is 11.3 Å². The van der Waals surface area contributed by atoms with Crippen LogP contribution in [0.4, 0.5) is 4.79 Å². The first-order valence-corrected chi connectivity index (χ1v) is 14.0. The summed E-state index contributed by atoms with van der Waals surface area (Å²) in [5.74, 6) is 3.91. The van der Waals surface area contributed by atoms with E-state index in [1.165, 1.54) is 12.8 Å². The van der Waals surface area contributed by atoms with Gasteiger partial charge in [-0.2, -0.15) is 0 Å². The Morgan fingerprint density at radius 1 is 1.17 bits per heavy atom. The molecule has 6 heteroatoms. The number of aromatic nitrogens is 1. The van der Waals surface area contributed by atoms with Crippen LogP contribution < -0.4 is 4.74 Å². The summed E-state index contributed by atoms with van der Waals surface area (Å²) in [4.78, 5) is 14.5. The van der Waals surface area contributed by atoms with E-state index in [2.05, 4.69) is 58.8 Å². The number of likely N-dealkylation sites (tertiary alicyclic amines) is 1. The van der Waals surface area contributed by atoms with E-state index in [4.69, 9.17) is 9.47 Å². The van der Waals surface area contributed by atoms with Gasteiger partial charge >= 0.3 is 6.16 Å². The number of rotatable bonds is 5. The van der Waals surface area contributed by atoms with Gasteiger partial charge in [0.05, 0.1) is 12.1 Å². The molecule has 1 saturated heterocycles. The Balaban J connectivity index is 1.98. The summed E-state index contributed by atoms with van der Waals surface area (Å²) in [6, 6.07) is 6.27. The molecular weight excluding hydrogens is 380 g/mol. The summed E-state index contributed by atoms with van der Waals surface area (Å²) in [6.07, 6.45) is 1.87. The van der Waals surface area contributed by atoms with E-state index in [1.807, 2.05) is 6.92 Å². The maximum atomic E-state index is 12.0. The Bertz CT molecular complexity index is 941. The summed E-state index contributed by atoms with van der Waals surface area (Å²) in [6.45, 7) is 14.8. The van der Waals surface area contributed by atoms with E-state index in [0.29, 0.717) is 12.5 Å². The quantitative estimate of drug-likeness (QED) is 0.402. The van der Waals surface area contributed by atoms with Crippen molar-refractivity contribution in [2.24, 2.45) is 0 Å². The largest absolute Gasteiger partial charge is 0.515 e. The number of benzene rings is 1. The fraction of sp³-hybridized carbons (Fsp3) is 0.522. The summed E-state index contributed by atoms with van der Waals surface area (Å²) in [5, 5.41) is 1.08. The van der Waals surface area contributed by atoms with Crippen molar-refractivity contribution in [3.8, 4) is 17.3 Å². The van der Waals surface area contributed by atoms with Crippen LogP contribution in [-0.4, -0.2) is 49.9 Å². The van der Waals surface area contributed by atoms with Gasteiger partial charge in [-0.15, -0.1) is 5.54 Å². The highest BCUT2D eigenvalue weighted by atomic mass is 28.3. The van der Waals surface area contributed by atoms with Crippen molar-refractivity contribution in [2.45, 2.75) is 52.9 Å². The smallest absolute Gasteiger partial charge is 0.434 e. The molecule has 1 aliphatic rings. The number of ether oxygens (including phenoxy) is 2. The third-order valence-corrected chi connectivity index (χ3v) is 5.99. The van der Waals surface area contributed by atoms with Gasteiger partial charge in [0.2, 0.25) is 5.88 Å². The van der Waals surface area contributed by atoms with Crippen molar-refractivity contribution in [3.05, 3.63) is 29.3 Å². The van der Waals surface area contributed by atoms with Crippen molar-refractivity contribution in [2.75, 3.05) is 26.2 Å².